The molecule has 0 aromatic carbocycles. The minimum atomic E-state index is -0.594. The van der Waals surface area contributed by atoms with E-state index in [1.165, 1.54) is 16.9 Å². The minimum absolute atomic E-state index is 0.0340. The lowest BCUT2D eigenvalue weighted by molar-refractivity contribution is -0.389. The molecule has 0 aliphatic carbocycles. The summed E-state index contributed by atoms with van der Waals surface area (Å²) in [6.07, 6.45) is 2.17. The van der Waals surface area contributed by atoms with Gasteiger partial charge in [-0.2, -0.15) is 9.78 Å². The van der Waals surface area contributed by atoms with Crippen molar-refractivity contribution < 1.29 is 9.72 Å². The molecule has 0 atom stereocenters. The van der Waals surface area contributed by atoms with E-state index in [0.717, 1.165) is 24.4 Å². The summed E-state index contributed by atoms with van der Waals surface area (Å²) in [4.78, 5) is 21.6. The van der Waals surface area contributed by atoms with E-state index in [1.54, 1.807) is 0 Å². The van der Waals surface area contributed by atoms with Crippen LogP contribution in [0.4, 0.5) is 5.82 Å². The Morgan fingerprint density at radius 3 is 2.77 bits per heavy atom. The molecule has 2 heterocycles. The maximum Gasteiger partial charge on any atom is 0.389 e. The van der Waals surface area contributed by atoms with E-state index in [-0.39, 0.29) is 18.3 Å². The second-order valence-electron chi connectivity index (χ2n) is 4.98. The predicted octanol–water partition coefficient (Wildman–Crippen LogP) is 0.811. The van der Waals surface area contributed by atoms with Gasteiger partial charge in [0.15, 0.2) is 0 Å². The lowest BCUT2D eigenvalue weighted by Crippen LogP contribution is -2.29. The first-order chi connectivity index (χ1) is 10.5. The molecule has 22 heavy (non-hydrogen) atoms. The van der Waals surface area contributed by atoms with Crippen molar-refractivity contribution in [1.82, 2.24) is 24.9 Å². The van der Waals surface area contributed by atoms with E-state index in [9.17, 15) is 14.9 Å². The van der Waals surface area contributed by atoms with Crippen molar-refractivity contribution in [3.63, 3.8) is 0 Å². The molecule has 1 N–H and O–H groups in total. The van der Waals surface area contributed by atoms with Crippen molar-refractivity contribution in [2.75, 3.05) is 6.54 Å². The SMILES string of the molecule is Cc1cc(C)n(CCCNC(=O)Cn2ccc([N+](=O)[O-])n2)n1. The van der Waals surface area contributed by atoms with E-state index < -0.39 is 4.92 Å². The summed E-state index contributed by atoms with van der Waals surface area (Å²) in [6, 6.07) is 3.26. The van der Waals surface area contributed by atoms with E-state index in [2.05, 4.69) is 15.5 Å². The number of nitro groups is 1. The molecule has 0 aliphatic heterocycles. The van der Waals surface area contributed by atoms with Crippen LogP contribution in [0.5, 0.6) is 0 Å². The lowest BCUT2D eigenvalue weighted by Gasteiger charge is -2.06. The fraction of sp³-hybridized carbons (Fsp3) is 0.462. The normalized spacial score (nSPS) is 10.6. The van der Waals surface area contributed by atoms with E-state index in [0.29, 0.717) is 6.54 Å². The standard InChI is InChI=1S/C13H18N6O3/c1-10-8-11(2)18(15-10)6-3-5-14-13(20)9-17-7-4-12(16-17)19(21)22/h4,7-8H,3,5-6,9H2,1-2H3,(H,14,20). The second-order valence-corrected chi connectivity index (χ2v) is 4.98. The van der Waals surface area contributed by atoms with Gasteiger partial charge in [0, 0.05) is 18.8 Å². The predicted molar refractivity (Wildman–Crippen MR) is 78.2 cm³/mol. The Bertz CT molecular complexity index is 675. The highest BCUT2D eigenvalue weighted by atomic mass is 16.6. The number of nitrogens with zero attached hydrogens (tertiary/aromatic N) is 5. The van der Waals surface area contributed by atoms with Crippen molar-refractivity contribution in [3.05, 3.63) is 39.8 Å². The molecular weight excluding hydrogens is 288 g/mol. The van der Waals surface area contributed by atoms with Gasteiger partial charge in [-0.05, 0) is 31.3 Å². The van der Waals surface area contributed by atoms with E-state index in [1.807, 2.05) is 24.6 Å². The van der Waals surface area contributed by atoms with Crippen LogP contribution >= 0.6 is 0 Å². The summed E-state index contributed by atoms with van der Waals surface area (Å²) in [5.74, 6) is -0.497. The zero-order valence-corrected chi connectivity index (χ0v) is 12.5. The molecule has 2 aromatic rings. The fourth-order valence-electron chi connectivity index (χ4n) is 2.10. The average Bonchev–Trinajstić information content (AvgIpc) is 3.02. The molecule has 0 unspecified atom stereocenters. The van der Waals surface area contributed by atoms with Gasteiger partial charge in [0.25, 0.3) is 0 Å². The summed E-state index contributed by atoms with van der Waals surface area (Å²) in [5, 5.41) is 21.3. The van der Waals surface area contributed by atoms with Gasteiger partial charge in [-0.15, -0.1) is 0 Å². The number of carbonyl (C=O) groups excluding carboxylic acids is 1. The fourth-order valence-corrected chi connectivity index (χ4v) is 2.10. The molecule has 0 saturated heterocycles. The van der Waals surface area contributed by atoms with Crippen molar-refractivity contribution in [2.24, 2.45) is 0 Å². The molecule has 1 amide bonds. The summed E-state index contributed by atoms with van der Waals surface area (Å²) in [7, 11) is 0. The largest absolute Gasteiger partial charge is 0.389 e. The molecule has 2 aromatic heterocycles. The third-order valence-electron chi connectivity index (χ3n) is 3.09. The van der Waals surface area contributed by atoms with Gasteiger partial charge in [0.1, 0.15) is 6.54 Å². The first-order valence-corrected chi connectivity index (χ1v) is 6.91. The summed E-state index contributed by atoms with van der Waals surface area (Å²) in [6.45, 7) is 5.14. The maximum atomic E-state index is 11.7. The highest BCUT2D eigenvalue weighted by Crippen LogP contribution is 2.05. The summed E-state index contributed by atoms with van der Waals surface area (Å²) >= 11 is 0. The Morgan fingerprint density at radius 2 is 2.18 bits per heavy atom. The van der Waals surface area contributed by atoms with Crippen LogP contribution in [-0.2, 0) is 17.9 Å². The molecule has 0 spiro atoms. The van der Waals surface area contributed by atoms with Gasteiger partial charge >= 0.3 is 5.82 Å². The third-order valence-corrected chi connectivity index (χ3v) is 3.09. The van der Waals surface area contributed by atoms with Crippen LogP contribution in [0.15, 0.2) is 18.3 Å². The van der Waals surface area contributed by atoms with Crippen LogP contribution in [-0.4, -0.2) is 36.9 Å². The Kier molecular flexibility index (Phi) is 4.87. The van der Waals surface area contributed by atoms with Crippen LogP contribution in [0.3, 0.4) is 0 Å². The van der Waals surface area contributed by atoms with E-state index in [4.69, 9.17) is 0 Å². The smallest absolute Gasteiger partial charge is 0.358 e. The Hall–Kier alpha value is -2.71. The Balaban J connectivity index is 1.71. The molecule has 0 radical (unpaired) electrons. The molecule has 118 valence electrons. The van der Waals surface area contributed by atoms with Gasteiger partial charge in [-0.3, -0.25) is 9.48 Å². The monoisotopic (exact) mass is 306 g/mol. The molecule has 0 bridgehead atoms. The number of aryl methyl sites for hydroxylation is 3. The number of rotatable bonds is 7. The number of carbonyl (C=O) groups is 1. The first kappa shape index (κ1) is 15.7. The molecule has 2 rings (SSSR count). The number of nitrogens with one attached hydrogen (secondary N) is 1. The number of amides is 1. The van der Waals surface area contributed by atoms with Gasteiger partial charge in [0.2, 0.25) is 5.91 Å². The highest BCUT2D eigenvalue weighted by Gasteiger charge is 2.13. The number of aromatic nitrogens is 4. The minimum Gasteiger partial charge on any atom is -0.358 e. The van der Waals surface area contributed by atoms with E-state index >= 15 is 0 Å². The molecule has 0 fully saturated rings. The second kappa shape index (κ2) is 6.83. The van der Waals surface area contributed by atoms with Crippen LogP contribution in [0.25, 0.3) is 0 Å². The Morgan fingerprint density at radius 1 is 1.41 bits per heavy atom. The first-order valence-electron chi connectivity index (χ1n) is 6.91. The molecular formula is C13H18N6O3. The van der Waals surface area contributed by atoms with Gasteiger partial charge < -0.3 is 15.4 Å². The third kappa shape index (κ3) is 4.14. The van der Waals surface area contributed by atoms with Crippen molar-refractivity contribution in [2.45, 2.75) is 33.4 Å². The Labute approximate surface area is 127 Å². The quantitative estimate of drug-likeness (QED) is 0.462. The molecule has 0 aliphatic rings. The zero-order valence-electron chi connectivity index (χ0n) is 12.5. The molecule has 0 saturated carbocycles. The van der Waals surface area contributed by atoms with Crippen LogP contribution in [0.2, 0.25) is 0 Å². The van der Waals surface area contributed by atoms with Crippen molar-refractivity contribution in [3.8, 4) is 0 Å². The highest BCUT2D eigenvalue weighted by molar-refractivity contribution is 5.75. The topological polar surface area (TPSA) is 108 Å². The summed E-state index contributed by atoms with van der Waals surface area (Å²) < 4.78 is 3.15. The molecule has 9 nitrogen and oxygen atoms in total. The lowest BCUT2D eigenvalue weighted by atomic mass is 10.4. The van der Waals surface area contributed by atoms with Crippen molar-refractivity contribution >= 4 is 11.7 Å². The number of hydrogen-bond donors (Lipinski definition) is 1. The van der Waals surface area contributed by atoms with Crippen LogP contribution < -0.4 is 5.32 Å². The number of hydrogen-bond acceptors (Lipinski definition) is 5. The van der Waals surface area contributed by atoms with Crippen LogP contribution in [0.1, 0.15) is 17.8 Å². The van der Waals surface area contributed by atoms with Gasteiger partial charge in [-0.1, -0.05) is 0 Å². The van der Waals surface area contributed by atoms with Crippen LogP contribution in [0, 0.1) is 24.0 Å². The van der Waals surface area contributed by atoms with Crippen molar-refractivity contribution in [1.29, 1.82) is 0 Å². The zero-order chi connectivity index (χ0) is 16.1. The molecule has 9 heteroatoms. The van der Waals surface area contributed by atoms with Gasteiger partial charge in [0.05, 0.1) is 23.1 Å². The summed E-state index contributed by atoms with van der Waals surface area (Å²) in [5.41, 5.74) is 2.06. The average molecular weight is 306 g/mol. The van der Waals surface area contributed by atoms with Gasteiger partial charge in [-0.25, -0.2) is 0 Å². The maximum absolute atomic E-state index is 11.7.